The van der Waals surface area contributed by atoms with Crippen molar-refractivity contribution in [2.75, 3.05) is 20.6 Å². The van der Waals surface area contributed by atoms with Gasteiger partial charge in [0.1, 0.15) is 5.82 Å². The van der Waals surface area contributed by atoms with Crippen molar-refractivity contribution in [3.8, 4) is 0 Å². The fourth-order valence-electron chi connectivity index (χ4n) is 3.71. The first-order valence-corrected chi connectivity index (χ1v) is 7.52. The van der Waals surface area contributed by atoms with Crippen molar-refractivity contribution < 1.29 is 4.39 Å². The summed E-state index contributed by atoms with van der Waals surface area (Å²) in [7, 11) is 4.23. The maximum atomic E-state index is 12.9. The lowest BCUT2D eigenvalue weighted by atomic mass is 9.85. The Morgan fingerprint density at radius 1 is 1.30 bits per heavy atom. The average molecular weight is 278 g/mol. The second-order valence-electron chi connectivity index (χ2n) is 6.88. The van der Waals surface area contributed by atoms with Gasteiger partial charge >= 0.3 is 0 Å². The third-order valence-corrected chi connectivity index (χ3v) is 4.70. The van der Waals surface area contributed by atoms with Crippen LogP contribution in [0.25, 0.3) is 0 Å². The van der Waals surface area contributed by atoms with Gasteiger partial charge in [0.05, 0.1) is 0 Å². The summed E-state index contributed by atoms with van der Waals surface area (Å²) >= 11 is 0. The van der Waals surface area contributed by atoms with Gasteiger partial charge in [0, 0.05) is 19.1 Å². The highest BCUT2D eigenvalue weighted by Crippen LogP contribution is 2.41. The Kier molecular flexibility index (Phi) is 4.82. The lowest BCUT2D eigenvalue weighted by Crippen LogP contribution is -2.43. The average Bonchev–Trinajstić information content (AvgIpc) is 2.66. The van der Waals surface area contributed by atoms with Crippen molar-refractivity contribution in [2.24, 2.45) is 11.3 Å². The first-order valence-electron chi connectivity index (χ1n) is 7.52. The fraction of sp³-hybridized carbons (Fsp3) is 0.647. The van der Waals surface area contributed by atoms with E-state index in [9.17, 15) is 4.39 Å². The molecule has 0 aromatic heterocycles. The number of hydrogen-bond donors (Lipinski definition) is 1. The molecule has 1 N–H and O–H groups in total. The van der Waals surface area contributed by atoms with E-state index in [2.05, 4.69) is 38.2 Å². The van der Waals surface area contributed by atoms with Gasteiger partial charge in [0.2, 0.25) is 0 Å². The minimum Gasteiger partial charge on any atom is -0.316 e. The van der Waals surface area contributed by atoms with E-state index >= 15 is 0 Å². The van der Waals surface area contributed by atoms with Gasteiger partial charge in [0.25, 0.3) is 0 Å². The molecule has 3 heteroatoms. The molecule has 2 unspecified atom stereocenters. The Labute approximate surface area is 122 Å². The van der Waals surface area contributed by atoms with Crippen LogP contribution >= 0.6 is 0 Å². The zero-order valence-corrected chi connectivity index (χ0v) is 13.1. The number of halogens is 1. The molecule has 0 amide bonds. The molecule has 0 saturated heterocycles. The molecule has 1 aromatic carbocycles. The van der Waals surface area contributed by atoms with Crippen LogP contribution in [0.5, 0.6) is 0 Å². The lowest BCUT2D eigenvalue weighted by molar-refractivity contribution is 0.207. The smallest absolute Gasteiger partial charge is 0.123 e. The molecule has 1 aliphatic rings. The first kappa shape index (κ1) is 15.5. The summed E-state index contributed by atoms with van der Waals surface area (Å²) in [6, 6.07) is 7.41. The quantitative estimate of drug-likeness (QED) is 0.889. The van der Waals surface area contributed by atoms with E-state index in [0.29, 0.717) is 17.4 Å². The molecule has 1 aliphatic carbocycles. The number of nitrogens with one attached hydrogen (secondary N) is 1. The molecule has 0 radical (unpaired) electrons. The largest absolute Gasteiger partial charge is 0.316 e. The number of hydrogen-bond acceptors (Lipinski definition) is 2. The zero-order chi connectivity index (χ0) is 14.8. The summed E-state index contributed by atoms with van der Waals surface area (Å²) in [5.74, 6) is 0.532. The van der Waals surface area contributed by atoms with Crippen LogP contribution in [0.1, 0.15) is 32.3 Å². The second kappa shape index (κ2) is 6.23. The van der Waals surface area contributed by atoms with E-state index in [1.807, 2.05) is 12.1 Å². The standard InChI is InChI=1S/C17H27FN2/c1-17(2)10-9-14(16(17)19-3)12-20(4)11-13-5-7-15(18)8-6-13/h5-8,14,16,19H,9-12H2,1-4H3. The molecule has 2 rings (SSSR count). The molecule has 2 nitrogen and oxygen atoms in total. The van der Waals surface area contributed by atoms with Gasteiger partial charge < -0.3 is 10.2 Å². The van der Waals surface area contributed by atoms with Crippen LogP contribution < -0.4 is 5.32 Å². The van der Waals surface area contributed by atoms with Gasteiger partial charge in [0.15, 0.2) is 0 Å². The van der Waals surface area contributed by atoms with E-state index in [-0.39, 0.29) is 5.82 Å². The Balaban J connectivity index is 1.91. The van der Waals surface area contributed by atoms with Crippen LogP contribution in [0.2, 0.25) is 0 Å². The van der Waals surface area contributed by atoms with Crippen molar-refractivity contribution in [3.63, 3.8) is 0 Å². The number of benzene rings is 1. The van der Waals surface area contributed by atoms with Crippen LogP contribution in [0.15, 0.2) is 24.3 Å². The zero-order valence-electron chi connectivity index (χ0n) is 13.1. The number of nitrogens with zero attached hydrogens (tertiary/aromatic N) is 1. The molecular formula is C17H27FN2. The van der Waals surface area contributed by atoms with Gasteiger partial charge in [-0.1, -0.05) is 26.0 Å². The molecule has 0 heterocycles. The maximum absolute atomic E-state index is 12.9. The molecule has 1 saturated carbocycles. The van der Waals surface area contributed by atoms with Gasteiger partial charge in [-0.25, -0.2) is 4.39 Å². The van der Waals surface area contributed by atoms with Crippen LogP contribution in [0, 0.1) is 17.2 Å². The molecule has 112 valence electrons. The minimum absolute atomic E-state index is 0.163. The van der Waals surface area contributed by atoms with Crippen molar-refractivity contribution in [1.82, 2.24) is 10.2 Å². The van der Waals surface area contributed by atoms with Gasteiger partial charge in [-0.2, -0.15) is 0 Å². The fourth-order valence-corrected chi connectivity index (χ4v) is 3.71. The highest BCUT2D eigenvalue weighted by molar-refractivity contribution is 5.15. The van der Waals surface area contributed by atoms with E-state index < -0.39 is 0 Å². The predicted octanol–water partition coefficient (Wildman–Crippen LogP) is 3.28. The third kappa shape index (κ3) is 3.58. The van der Waals surface area contributed by atoms with Gasteiger partial charge in [-0.3, -0.25) is 0 Å². The Morgan fingerprint density at radius 2 is 1.95 bits per heavy atom. The van der Waals surface area contributed by atoms with E-state index in [1.54, 1.807) is 0 Å². The lowest BCUT2D eigenvalue weighted by Gasteiger charge is -2.32. The van der Waals surface area contributed by atoms with Gasteiger partial charge in [-0.05, 0) is 56.0 Å². The summed E-state index contributed by atoms with van der Waals surface area (Å²) in [5.41, 5.74) is 1.56. The monoisotopic (exact) mass is 278 g/mol. The number of rotatable bonds is 5. The van der Waals surface area contributed by atoms with Crippen molar-refractivity contribution >= 4 is 0 Å². The van der Waals surface area contributed by atoms with Crippen LogP contribution in [0.3, 0.4) is 0 Å². The molecule has 2 atom stereocenters. The Bertz CT molecular complexity index is 427. The molecule has 0 bridgehead atoms. The molecule has 1 aromatic rings. The van der Waals surface area contributed by atoms with Crippen LogP contribution in [-0.2, 0) is 6.54 Å². The first-order chi connectivity index (χ1) is 9.42. The van der Waals surface area contributed by atoms with E-state index in [0.717, 1.165) is 13.1 Å². The normalized spacial score (nSPS) is 25.3. The summed E-state index contributed by atoms with van der Waals surface area (Å²) in [6.07, 6.45) is 2.57. The third-order valence-electron chi connectivity index (χ3n) is 4.70. The van der Waals surface area contributed by atoms with Crippen molar-refractivity contribution in [2.45, 2.75) is 39.3 Å². The highest BCUT2D eigenvalue weighted by atomic mass is 19.1. The Hall–Kier alpha value is -0.930. The predicted molar refractivity (Wildman–Crippen MR) is 82.1 cm³/mol. The van der Waals surface area contributed by atoms with E-state index in [1.165, 1.54) is 30.5 Å². The maximum Gasteiger partial charge on any atom is 0.123 e. The van der Waals surface area contributed by atoms with Crippen molar-refractivity contribution in [1.29, 1.82) is 0 Å². The van der Waals surface area contributed by atoms with Crippen molar-refractivity contribution in [3.05, 3.63) is 35.6 Å². The molecule has 20 heavy (non-hydrogen) atoms. The molecule has 1 fully saturated rings. The molecule has 0 spiro atoms. The van der Waals surface area contributed by atoms with E-state index in [4.69, 9.17) is 0 Å². The second-order valence-corrected chi connectivity index (χ2v) is 6.88. The van der Waals surface area contributed by atoms with Gasteiger partial charge in [-0.15, -0.1) is 0 Å². The van der Waals surface area contributed by atoms with Crippen LogP contribution in [-0.4, -0.2) is 31.6 Å². The molecule has 0 aliphatic heterocycles. The summed E-state index contributed by atoms with van der Waals surface area (Å²) in [5, 5.41) is 3.50. The summed E-state index contributed by atoms with van der Waals surface area (Å²) in [6.45, 7) is 6.68. The SMILES string of the molecule is CNC1C(CN(C)Cc2ccc(F)cc2)CCC1(C)C. The summed E-state index contributed by atoms with van der Waals surface area (Å²) < 4.78 is 12.9. The molecular weight excluding hydrogens is 251 g/mol. The minimum atomic E-state index is -0.163. The summed E-state index contributed by atoms with van der Waals surface area (Å²) in [4.78, 5) is 2.35. The van der Waals surface area contributed by atoms with Crippen LogP contribution in [0.4, 0.5) is 4.39 Å². The highest BCUT2D eigenvalue weighted by Gasteiger charge is 2.40. The topological polar surface area (TPSA) is 15.3 Å². The Morgan fingerprint density at radius 3 is 2.55 bits per heavy atom.